The Balaban J connectivity index is 2.10. The van der Waals surface area contributed by atoms with Gasteiger partial charge in [0.15, 0.2) is 0 Å². The molecule has 2 rings (SSSR count). The Morgan fingerprint density at radius 3 is 2.44 bits per heavy atom. The first-order chi connectivity index (χ1) is 8.50. The number of fused-ring (bicyclic) bond motifs is 1. The predicted molar refractivity (Wildman–Crippen MR) is 77.4 cm³/mol. The number of hydrogen-bond acceptors (Lipinski definition) is 1. The zero-order chi connectivity index (χ0) is 13.3. The first kappa shape index (κ1) is 14.4. The third kappa shape index (κ3) is 2.48. The highest BCUT2D eigenvalue weighted by Gasteiger charge is 2.47. The molecule has 2 aliphatic carbocycles. The maximum atomic E-state index is 9.41. The Hall–Kier alpha value is -0.0400. The normalized spacial score (nSPS) is 41.2. The molecule has 0 saturated heterocycles. The molecule has 18 heavy (non-hydrogen) atoms. The van der Waals surface area contributed by atoms with Crippen LogP contribution < -0.4 is 0 Å². The van der Waals surface area contributed by atoms with Crippen LogP contribution in [0.5, 0.6) is 0 Å². The van der Waals surface area contributed by atoms with Gasteiger partial charge < -0.3 is 5.11 Å². The summed E-state index contributed by atoms with van der Waals surface area (Å²) in [5.74, 6) is 4.07. The van der Waals surface area contributed by atoms with Crippen LogP contribution in [-0.2, 0) is 0 Å². The van der Waals surface area contributed by atoms with Crippen molar-refractivity contribution in [1.29, 1.82) is 0 Å². The van der Waals surface area contributed by atoms with E-state index in [-0.39, 0.29) is 0 Å². The summed E-state index contributed by atoms with van der Waals surface area (Å²) in [5, 5.41) is 9.41. The van der Waals surface area contributed by atoms with Crippen molar-refractivity contribution in [2.24, 2.45) is 35.0 Å². The van der Waals surface area contributed by atoms with Crippen LogP contribution in [0.15, 0.2) is 0 Å². The molecule has 0 radical (unpaired) electrons. The quantitative estimate of drug-likeness (QED) is 0.784. The first-order valence-electron chi connectivity index (χ1n) is 8.11. The number of aliphatic hydroxyl groups is 1. The van der Waals surface area contributed by atoms with E-state index in [2.05, 4.69) is 27.7 Å². The van der Waals surface area contributed by atoms with E-state index in [1.54, 1.807) is 0 Å². The van der Waals surface area contributed by atoms with Crippen LogP contribution in [0.2, 0.25) is 0 Å². The van der Waals surface area contributed by atoms with E-state index in [1.165, 1.54) is 38.5 Å². The maximum absolute atomic E-state index is 9.41. The molecule has 0 aromatic rings. The van der Waals surface area contributed by atoms with Gasteiger partial charge in [0.2, 0.25) is 0 Å². The van der Waals surface area contributed by atoms with Crippen molar-refractivity contribution in [1.82, 2.24) is 0 Å². The van der Waals surface area contributed by atoms with E-state index in [0.29, 0.717) is 17.9 Å². The molecule has 0 bridgehead atoms. The standard InChI is InChI=1S/C17H32O/c1-5-15-9-8-13-6-7-14(12(2)11-18)10-16(13)17(15,3)4/h12-16,18H,5-11H2,1-4H3. The van der Waals surface area contributed by atoms with Gasteiger partial charge in [0.25, 0.3) is 0 Å². The molecule has 2 fully saturated rings. The SMILES string of the molecule is CCC1CCC2CCC(C(C)CO)CC2C1(C)C. The van der Waals surface area contributed by atoms with Crippen molar-refractivity contribution in [3.05, 3.63) is 0 Å². The van der Waals surface area contributed by atoms with Gasteiger partial charge in [-0.15, -0.1) is 0 Å². The molecule has 0 aliphatic heterocycles. The number of rotatable bonds is 3. The van der Waals surface area contributed by atoms with Crippen LogP contribution in [0.1, 0.15) is 66.2 Å². The second kappa shape index (κ2) is 5.53. The zero-order valence-electron chi connectivity index (χ0n) is 12.8. The summed E-state index contributed by atoms with van der Waals surface area (Å²) in [4.78, 5) is 0. The van der Waals surface area contributed by atoms with Crippen molar-refractivity contribution in [2.75, 3.05) is 6.61 Å². The molecular formula is C17H32O. The van der Waals surface area contributed by atoms with Gasteiger partial charge in [-0.3, -0.25) is 0 Å². The lowest BCUT2D eigenvalue weighted by Crippen LogP contribution is -2.45. The molecule has 1 N–H and O–H groups in total. The van der Waals surface area contributed by atoms with Crippen molar-refractivity contribution in [3.8, 4) is 0 Å². The molecule has 1 nitrogen and oxygen atoms in total. The average Bonchev–Trinajstić information content (AvgIpc) is 2.37. The fraction of sp³-hybridized carbons (Fsp3) is 1.00. The molecule has 2 aliphatic rings. The van der Waals surface area contributed by atoms with Crippen LogP contribution in [0.4, 0.5) is 0 Å². The fourth-order valence-electron chi connectivity index (χ4n) is 5.01. The molecule has 2 saturated carbocycles. The lowest BCUT2D eigenvalue weighted by Gasteiger charge is -2.53. The van der Waals surface area contributed by atoms with Gasteiger partial charge in [-0.25, -0.2) is 0 Å². The Bertz CT molecular complexity index is 271. The van der Waals surface area contributed by atoms with Crippen LogP contribution in [-0.4, -0.2) is 11.7 Å². The number of aliphatic hydroxyl groups excluding tert-OH is 1. The summed E-state index contributed by atoms with van der Waals surface area (Å²) < 4.78 is 0. The van der Waals surface area contributed by atoms with E-state index in [1.807, 2.05) is 0 Å². The highest BCUT2D eigenvalue weighted by Crippen LogP contribution is 2.55. The smallest absolute Gasteiger partial charge is 0.0459 e. The minimum Gasteiger partial charge on any atom is -0.396 e. The first-order valence-corrected chi connectivity index (χ1v) is 8.11. The molecule has 0 amide bonds. The Kier molecular flexibility index (Phi) is 4.41. The molecule has 0 heterocycles. The Morgan fingerprint density at radius 1 is 1.17 bits per heavy atom. The highest BCUT2D eigenvalue weighted by molar-refractivity contribution is 4.96. The molecule has 0 aromatic carbocycles. The fourth-order valence-corrected chi connectivity index (χ4v) is 5.01. The van der Waals surface area contributed by atoms with E-state index in [0.717, 1.165) is 23.7 Å². The molecule has 1 heteroatoms. The van der Waals surface area contributed by atoms with E-state index >= 15 is 0 Å². The van der Waals surface area contributed by atoms with Gasteiger partial charge in [0.1, 0.15) is 0 Å². The van der Waals surface area contributed by atoms with Crippen LogP contribution in [0, 0.1) is 35.0 Å². The Labute approximate surface area is 113 Å². The van der Waals surface area contributed by atoms with E-state index in [9.17, 15) is 5.11 Å². The minimum absolute atomic E-state index is 0.375. The topological polar surface area (TPSA) is 20.2 Å². The summed E-state index contributed by atoms with van der Waals surface area (Å²) in [6, 6.07) is 0. The molecule has 106 valence electrons. The average molecular weight is 252 g/mol. The second-order valence-corrected chi connectivity index (χ2v) is 7.60. The highest BCUT2D eigenvalue weighted by atomic mass is 16.3. The van der Waals surface area contributed by atoms with Crippen molar-refractivity contribution >= 4 is 0 Å². The molecule has 5 atom stereocenters. The van der Waals surface area contributed by atoms with Gasteiger partial charge in [-0.05, 0) is 67.1 Å². The lowest BCUT2D eigenvalue weighted by atomic mass is 9.52. The van der Waals surface area contributed by atoms with Crippen molar-refractivity contribution in [2.45, 2.75) is 66.2 Å². The zero-order valence-corrected chi connectivity index (χ0v) is 12.8. The van der Waals surface area contributed by atoms with Gasteiger partial charge in [0, 0.05) is 6.61 Å². The molecule has 0 aromatic heterocycles. The van der Waals surface area contributed by atoms with Crippen LogP contribution >= 0.6 is 0 Å². The van der Waals surface area contributed by atoms with Crippen molar-refractivity contribution in [3.63, 3.8) is 0 Å². The third-order valence-corrected chi connectivity index (χ3v) is 6.51. The lowest BCUT2D eigenvalue weighted by molar-refractivity contribution is -0.0408. The van der Waals surface area contributed by atoms with E-state index < -0.39 is 0 Å². The largest absolute Gasteiger partial charge is 0.396 e. The monoisotopic (exact) mass is 252 g/mol. The number of hydrogen-bond donors (Lipinski definition) is 1. The van der Waals surface area contributed by atoms with Gasteiger partial charge >= 0.3 is 0 Å². The van der Waals surface area contributed by atoms with E-state index in [4.69, 9.17) is 0 Å². The van der Waals surface area contributed by atoms with Gasteiger partial charge in [-0.2, -0.15) is 0 Å². The maximum Gasteiger partial charge on any atom is 0.0459 e. The second-order valence-electron chi connectivity index (χ2n) is 7.60. The molecular weight excluding hydrogens is 220 g/mol. The van der Waals surface area contributed by atoms with Gasteiger partial charge in [-0.1, -0.05) is 34.1 Å². The van der Waals surface area contributed by atoms with Gasteiger partial charge in [0.05, 0.1) is 0 Å². The Morgan fingerprint density at radius 2 is 1.83 bits per heavy atom. The van der Waals surface area contributed by atoms with Crippen molar-refractivity contribution < 1.29 is 5.11 Å². The summed E-state index contributed by atoms with van der Waals surface area (Å²) in [6.45, 7) is 10.0. The summed E-state index contributed by atoms with van der Waals surface area (Å²) in [6.07, 6.45) is 8.40. The minimum atomic E-state index is 0.375. The third-order valence-electron chi connectivity index (χ3n) is 6.51. The summed E-state index contributed by atoms with van der Waals surface area (Å²) in [7, 11) is 0. The van der Waals surface area contributed by atoms with Crippen LogP contribution in [0.3, 0.4) is 0 Å². The summed E-state index contributed by atoms with van der Waals surface area (Å²) in [5.41, 5.74) is 0.519. The summed E-state index contributed by atoms with van der Waals surface area (Å²) >= 11 is 0. The molecule has 5 unspecified atom stereocenters. The van der Waals surface area contributed by atoms with Crippen LogP contribution in [0.25, 0.3) is 0 Å². The molecule has 0 spiro atoms. The predicted octanol–water partition coefficient (Wildman–Crippen LogP) is 4.49.